The highest BCUT2D eigenvalue weighted by Crippen LogP contribution is 2.29. The molecule has 0 spiro atoms. The van der Waals surface area contributed by atoms with E-state index in [9.17, 15) is 0 Å². The van der Waals surface area contributed by atoms with E-state index in [1.165, 1.54) is 0 Å². The molecule has 0 bridgehead atoms. The second-order valence-electron chi connectivity index (χ2n) is 4.09. The van der Waals surface area contributed by atoms with Gasteiger partial charge in [-0.1, -0.05) is 41.9 Å². The summed E-state index contributed by atoms with van der Waals surface area (Å²) < 4.78 is 11.3. The Bertz CT molecular complexity index is 581. The van der Waals surface area contributed by atoms with Gasteiger partial charge in [0.15, 0.2) is 5.82 Å². The van der Waals surface area contributed by atoms with Crippen LogP contribution in [-0.2, 0) is 16.1 Å². The van der Waals surface area contributed by atoms with Crippen molar-refractivity contribution in [2.45, 2.75) is 12.7 Å². The Hall–Kier alpha value is -1.01. The maximum Gasteiger partial charge on any atom is 0.163 e. The van der Waals surface area contributed by atoms with Crippen LogP contribution in [0.2, 0.25) is 5.15 Å². The molecule has 20 heavy (non-hydrogen) atoms. The Morgan fingerprint density at radius 3 is 2.50 bits per heavy atom. The summed E-state index contributed by atoms with van der Waals surface area (Å²) in [6.07, 6.45) is -0.364. The summed E-state index contributed by atoms with van der Waals surface area (Å²) in [5.41, 5.74) is 1.66. The molecule has 0 fully saturated rings. The van der Waals surface area contributed by atoms with Gasteiger partial charge in [0.25, 0.3) is 0 Å². The minimum Gasteiger partial charge on any atom is -0.378 e. The predicted octanol–water partition coefficient (Wildman–Crippen LogP) is 3.77. The van der Waals surface area contributed by atoms with Gasteiger partial charge in [0.05, 0.1) is 16.8 Å². The van der Waals surface area contributed by atoms with Gasteiger partial charge in [0.2, 0.25) is 0 Å². The number of aromatic nitrogens is 2. The van der Waals surface area contributed by atoms with E-state index in [1.807, 2.05) is 30.3 Å². The van der Waals surface area contributed by atoms with Crippen LogP contribution in [-0.4, -0.2) is 24.2 Å². The first-order valence-corrected chi connectivity index (χ1v) is 7.13. The monoisotopic (exact) mass is 356 g/mol. The summed E-state index contributed by atoms with van der Waals surface area (Å²) in [6.45, 7) is 0.348. The molecule has 1 aromatic carbocycles. The van der Waals surface area contributed by atoms with Crippen molar-refractivity contribution in [3.8, 4) is 0 Å². The van der Waals surface area contributed by atoms with E-state index in [-0.39, 0.29) is 6.10 Å². The fraction of sp³-hybridized carbons (Fsp3) is 0.286. The molecule has 0 aliphatic carbocycles. The number of rotatable bonds is 5. The van der Waals surface area contributed by atoms with E-state index in [2.05, 4.69) is 25.9 Å². The van der Waals surface area contributed by atoms with E-state index in [0.29, 0.717) is 27.8 Å². The third-order valence-corrected chi connectivity index (χ3v) is 4.09. The number of hydrogen-bond acceptors (Lipinski definition) is 4. The van der Waals surface area contributed by atoms with Gasteiger partial charge < -0.3 is 9.47 Å². The minimum absolute atomic E-state index is 0.347. The van der Waals surface area contributed by atoms with Crippen molar-refractivity contribution < 1.29 is 9.47 Å². The number of methoxy groups -OCH3 is 2. The van der Waals surface area contributed by atoms with Gasteiger partial charge in [-0.2, -0.15) is 0 Å². The van der Waals surface area contributed by atoms with Crippen LogP contribution in [0.15, 0.2) is 34.8 Å². The van der Waals surface area contributed by atoms with Crippen LogP contribution in [0.3, 0.4) is 0 Å². The molecule has 1 unspecified atom stereocenters. The number of nitrogens with zero attached hydrogens (tertiary/aromatic N) is 2. The number of benzene rings is 1. The largest absolute Gasteiger partial charge is 0.378 e. The molecule has 0 saturated heterocycles. The fourth-order valence-electron chi connectivity index (χ4n) is 1.85. The van der Waals surface area contributed by atoms with Gasteiger partial charge in [-0.25, -0.2) is 9.97 Å². The lowest BCUT2D eigenvalue weighted by Crippen LogP contribution is -2.11. The summed E-state index contributed by atoms with van der Waals surface area (Å²) in [7, 11) is 3.22. The summed E-state index contributed by atoms with van der Waals surface area (Å²) >= 11 is 9.50. The van der Waals surface area contributed by atoms with Gasteiger partial charge in [-0.15, -0.1) is 0 Å². The topological polar surface area (TPSA) is 44.2 Å². The number of hydrogen-bond donors (Lipinski definition) is 0. The predicted molar refractivity (Wildman–Crippen MR) is 80.7 cm³/mol. The third-order valence-electron chi connectivity index (χ3n) is 2.75. The minimum atomic E-state index is -0.364. The quantitative estimate of drug-likeness (QED) is 0.764. The van der Waals surface area contributed by atoms with Crippen LogP contribution in [0.1, 0.15) is 23.2 Å². The molecule has 1 aromatic heterocycles. The fourth-order valence-corrected chi connectivity index (χ4v) is 2.34. The number of ether oxygens (including phenoxy) is 2. The van der Waals surface area contributed by atoms with Crippen LogP contribution in [0.5, 0.6) is 0 Å². The molecule has 4 nitrogen and oxygen atoms in total. The van der Waals surface area contributed by atoms with E-state index in [0.717, 1.165) is 5.56 Å². The average molecular weight is 358 g/mol. The Morgan fingerprint density at radius 1 is 1.20 bits per heavy atom. The molecule has 1 atom stereocenters. The lowest BCUT2D eigenvalue weighted by molar-refractivity contribution is 0.127. The van der Waals surface area contributed by atoms with Crippen molar-refractivity contribution >= 4 is 27.5 Å². The Labute approximate surface area is 131 Å². The second kappa shape index (κ2) is 7.13. The van der Waals surface area contributed by atoms with Crippen LogP contribution < -0.4 is 0 Å². The first kappa shape index (κ1) is 15.4. The zero-order valence-electron chi connectivity index (χ0n) is 11.1. The van der Waals surface area contributed by atoms with Gasteiger partial charge in [-0.3, -0.25) is 0 Å². The summed E-state index contributed by atoms with van der Waals surface area (Å²) in [5.74, 6) is 0.513. The van der Waals surface area contributed by atoms with Crippen molar-refractivity contribution in [1.29, 1.82) is 0 Å². The molecular weight excluding hydrogens is 344 g/mol. The van der Waals surface area contributed by atoms with Gasteiger partial charge >= 0.3 is 0 Å². The van der Waals surface area contributed by atoms with Gasteiger partial charge in [0, 0.05) is 14.2 Å². The molecule has 0 saturated carbocycles. The van der Waals surface area contributed by atoms with Gasteiger partial charge in [-0.05, 0) is 21.5 Å². The first-order chi connectivity index (χ1) is 9.67. The van der Waals surface area contributed by atoms with E-state index in [1.54, 1.807) is 14.2 Å². The van der Waals surface area contributed by atoms with Crippen molar-refractivity contribution in [3.63, 3.8) is 0 Å². The SMILES string of the molecule is COCc1nc(C(OC)c2ccccc2)nc(Cl)c1Br. The molecule has 2 aromatic rings. The standard InChI is InChI=1S/C14H14BrClN2O2/c1-19-8-10-11(15)13(16)18-14(17-10)12(20-2)9-6-4-3-5-7-9/h3-7,12H,8H2,1-2H3. The summed E-state index contributed by atoms with van der Waals surface area (Å²) in [5, 5.41) is 0.347. The zero-order valence-corrected chi connectivity index (χ0v) is 13.5. The maximum absolute atomic E-state index is 6.13. The molecule has 0 aliphatic rings. The average Bonchev–Trinajstić information content (AvgIpc) is 2.46. The van der Waals surface area contributed by atoms with E-state index >= 15 is 0 Å². The second-order valence-corrected chi connectivity index (χ2v) is 5.24. The summed E-state index contributed by atoms with van der Waals surface area (Å²) in [4.78, 5) is 8.77. The Kier molecular flexibility index (Phi) is 5.48. The molecule has 0 amide bonds. The molecule has 6 heteroatoms. The molecule has 106 valence electrons. The van der Waals surface area contributed by atoms with E-state index < -0.39 is 0 Å². The van der Waals surface area contributed by atoms with Gasteiger partial charge in [0.1, 0.15) is 11.3 Å². The van der Waals surface area contributed by atoms with Crippen molar-refractivity contribution in [3.05, 3.63) is 57.0 Å². The highest BCUT2D eigenvalue weighted by Gasteiger charge is 2.20. The molecule has 0 N–H and O–H groups in total. The smallest absolute Gasteiger partial charge is 0.163 e. The van der Waals surface area contributed by atoms with Crippen LogP contribution in [0.25, 0.3) is 0 Å². The summed E-state index contributed by atoms with van der Waals surface area (Å²) in [6, 6.07) is 9.75. The van der Waals surface area contributed by atoms with Crippen molar-refractivity contribution in [2.75, 3.05) is 14.2 Å². The van der Waals surface area contributed by atoms with Crippen LogP contribution >= 0.6 is 27.5 Å². The Balaban J connectivity index is 2.45. The lowest BCUT2D eigenvalue weighted by Gasteiger charge is -2.16. The highest BCUT2D eigenvalue weighted by atomic mass is 79.9. The van der Waals surface area contributed by atoms with Crippen LogP contribution in [0.4, 0.5) is 0 Å². The van der Waals surface area contributed by atoms with E-state index in [4.69, 9.17) is 21.1 Å². The third kappa shape index (κ3) is 3.35. The lowest BCUT2D eigenvalue weighted by atomic mass is 10.1. The maximum atomic E-state index is 6.13. The first-order valence-electron chi connectivity index (χ1n) is 5.95. The zero-order chi connectivity index (χ0) is 14.5. The van der Waals surface area contributed by atoms with Crippen molar-refractivity contribution in [1.82, 2.24) is 9.97 Å². The Morgan fingerprint density at radius 2 is 1.90 bits per heavy atom. The number of halogens is 2. The molecule has 0 radical (unpaired) electrons. The molecule has 1 heterocycles. The molecular formula is C14H14BrClN2O2. The normalized spacial score (nSPS) is 12.4. The highest BCUT2D eigenvalue weighted by molar-refractivity contribution is 9.10. The van der Waals surface area contributed by atoms with Crippen molar-refractivity contribution in [2.24, 2.45) is 0 Å². The molecule has 0 aliphatic heterocycles. The molecule has 2 rings (SSSR count). The van der Waals surface area contributed by atoms with Crippen LogP contribution in [0, 0.1) is 0 Å².